The monoisotopic (exact) mass is 388 g/mol. The molecule has 0 fully saturated rings. The molecule has 0 aliphatic carbocycles. The largest absolute Gasteiger partial charge is 0.496 e. The van der Waals surface area contributed by atoms with Gasteiger partial charge in [0.05, 0.1) is 12.8 Å². The van der Waals surface area contributed by atoms with Gasteiger partial charge in [0.15, 0.2) is 6.61 Å². The molecule has 0 aliphatic rings. The molecule has 29 heavy (non-hydrogen) atoms. The minimum atomic E-state index is -0.645. The molecule has 0 heterocycles. The van der Waals surface area contributed by atoms with Crippen molar-refractivity contribution >= 4 is 17.6 Å². The summed E-state index contributed by atoms with van der Waals surface area (Å²) in [4.78, 5) is 24.4. The highest BCUT2D eigenvalue weighted by Gasteiger charge is 2.15. The van der Waals surface area contributed by atoms with Gasteiger partial charge in [0.1, 0.15) is 11.3 Å². The molecule has 3 rings (SSSR count). The number of hydrazone groups is 1. The first-order valence-electron chi connectivity index (χ1n) is 8.96. The molecule has 6 nitrogen and oxygen atoms in total. The number of hydrogen-bond acceptors (Lipinski definition) is 5. The number of nitrogens with zero attached hydrogens (tertiary/aromatic N) is 1. The SMILES string of the molecule is COc1ccccc1C(=O)OCC(=O)NN=C(c1ccccc1)c1ccccc1. The van der Waals surface area contributed by atoms with Gasteiger partial charge in [0.25, 0.3) is 5.91 Å². The number of para-hydroxylation sites is 1. The molecular weight excluding hydrogens is 368 g/mol. The molecule has 0 atom stereocenters. The molecule has 0 spiro atoms. The van der Waals surface area contributed by atoms with Crippen molar-refractivity contribution < 1.29 is 19.1 Å². The number of esters is 1. The van der Waals surface area contributed by atoms with Crippen molar-refractivity contribution in [2.75, 3.05) is 13.7 Å². The Morgan fingerprint density at radius 3 is 1.97 bits per heavy atom. The molecule has 0 aliphatic heterocycles. The van der Waals surface area contributed by atoms with E-state index in [1.807, 2.05) is 60.7 Å². The molecular formula is C23H20N2O4. The highest BCUT2D eigenvalue weighted by molar-refractivity contribution is 6.13. The number of amides is 1. The van der Waals surface area contributed by atoms with Crippen LogP contribution in [-0.4, -0.2) is 31.3 Å². The first kappa shape index (κ1) is 19.8. The van der Waals surface area contributed by atoms with Crippen molar-refractivity contribution in [1.29, 1.82) is 0 Å². The number of carbonyl (C=O) groups excluding carboxylic acids is 2. The Labute approximate surface area is 168 Å². The zero-order valence-electron chi connectivity index (χ0n) is 15.9. The van der Waals surface area contributed by atoms with Crippen LogP contribution in [0, 0.1) is 0 Å². The molecule has 0 unspecified atom stereocenters. The van der Waals surface area contributed by atoms with Crippen molar-refractivity contribution in [2.24, 2.45) is 5.10 Å². The molecule has 3 aromatic rings. The van der Waals surface area contributed by atoms with Crippen molar-refractivity contribution in [3.63, 3.8) is 0 Å². The van der Waals surface area contributed by atoms with E-state index in [1.165, 1.54) is 7.11 Å². The minimum Gasteiger partial charge on any atom is -0.496 e. The topological polar surface area (TPSA) is 77.0 Å². The van der Waals surface area contributed by atoms with Gasteiger partial charge in [-0.3, -0.25) is 4.79 Å². The lowest BCUT2D eigenvalue weighted by Gasteiger charge is -2.09. The highest BCUT2D eigenvalue weighted by Crippen LogP contribution is 2.18. The number of benzene rings is 3. The maximum Gasteiger partial charge on any atom is 0.342 e. The number of nitrogens with one attached hydrogen (secondary N) is 1. The van der Waals surface area contributed by atoms with Crippen LogP contribution in [0.15, 0.2) is 90.0 Å². The van der Waals surface area contributed by atoms with Crippen LogP contribution in [-0.2, 0) is 9.53 Å². The summed E-state index contributed by atoms with van der Waals surface area (Å²) in [5, 5.41) is 4.25. The molecule has 0 saturated heterocycles. The molecule has 6 heteroatoms. The van der Waals surface area contributed by atoms with Gasteiger partial charge in [-0.15, -0.1) is 0 Å². The second-order valence-corrected chi connectivity index (χ2v) is 6.00. The van der Waals surface area contributed by atoms with Crippen LogP contribution in [0.1, 0.15) is 21.5 Å². The van der Waals surface area contributed by atoms with Gasteiger partial charge in [-0.2, -0.15) is 5.10 Å². The zero-order valence-corrected chi connectivity index (χ0v) is 15.9. The molecule has 0 bridgehead atoms. The van der Waals surface area contributed by atoms with Crippen molar-refractivity contribution in [1.82, 2.24) is 5.43 Å². The van der Waals surface area contributed by atoms with Gasteiger partial charge in [-0.25, -0.2) is 10.2 Å². The van der Waals surface area contributed by atoms with E-state index < -0.39 is 18.5 Å². The Kier molecular flexibility index (Phi) is 6.73. The van der Waals surface area contributed by atoms with Crippen LogP contribution in [0.5, 0.6) is 5.75 Å². The summed E-state index contributed by atoms with van der Waals surface area (Å²) in [6.07, 6.45) is 0. The second kappa shape index (κ2) is 9.85. The first-order valence-corrected chi connectivity index (χ1v) is 8.96. The van der Waals surface area contributed by atoms with Crippen LogP contribution in [0.4, 0.5) is 0 Å². The van der Waals surface area contributed by atoms with Gasteiger partial charge in [0.2, 0.25) is 0 Å². The third-order valence-electron chi connectivity index (χ3n) is 4.05. The third-order valence-corrected chi connectivity index (χ3v) is 4.05. The molecule has 1 amide bonds. The van der Waals surface area contributed by atoms with Crippen LogP contribution < -0.4 is 10.2 Å². The fraction of sp³-hybridized carbons (Fsp3) is 0.0870. The Hall–Kier alpha value is -3.93. The molecule has 0 saturated carbocycles. The van der Waals surface area contributed by atoms with E-state index in [4.69, 9.17) is 9.47 Å². The third kappa shape index (κ3) is 5.29. The lowest BCUT2D eigenvalue weighted by molar-refractivity contribution is -0.124. The van der Waals surface area contributed by atoms with Gasteiger partial charge in [-0.1, -0.05) is 72.8 Å². The zero-order chi connectivity index (χ0) is 20.5. The Balaban J connectivity index is 1.68. The number of ether oxygens (including phenoxy) is 2. The Bertz CT molecular complexity index is 960. The smallest absolute Gasteiger partial charge is 0.342 e. The molecule has 0 radical (unpaired) electrons. The van der Waals surface area contributed by atoms with E-state index in [0.717, 1.165) is 11.1 Å². The number of hydrogen-bond donors (Lipinski definition) is 1. The van der Waals surface area contributed by atoms with Crippen LogP contribution >= 0.6 is 0 Å². The lowest BCUT2D eigenvalue weighted by Crippen LogP contribution is -2.26. The fourth-order valence-electron chi connectivity index (χ4n) is 2.66. The summed E-state index contributed by atoms with van der Waals surface area (Å²) < 4.78 is 10.2. The second-order valence-electron chi connectivity index (χ2n) is 6.00. The Morgan fingerprint density at radius 1 is 0.828 bits per heavy atom. The van der Waals surface area contributed by atoms with Gasteiger partial charge < -0.3 is 9.47 Å². The van der Waals surface area contributed by atoms with Crippen molar-refractivity contribution in [3.05, 3.63) is 102 Å². The fourth-order valence-corrected chi connectivity index (χ4v) is 2.66. The summed E-state index contributed by atoms with van der Waals surface area (Å²) >= 11 is 0. The summed E-state index contributed by atoms with van der Waals surface area (Å²) in [5.41, 5.74) is 5.02. The standard InChI is InChI=1S/C23H20N2O4/c1-28-20-15-9-8-14-19(20)23(27)29-16-21(26)24-25-22(17-10-4-2-5-11-17)18-12-6-3-7-13-18/h2-15H,16H2,1H3,(H,24,26). The van der Waals surface area contributed by atoms with E-state index in [1.54, 1.807) is 24.3 Å². The molecule has 1 N–H and O–H groups in total. The van der Waals surface area contributed by atoms with E-state index in [-0.39, 0.29) is 5.56 Å². The highest BCUT2D eigenvalue weighted by atomic mass is 16.5. The molecule has 3 aromatic carbocycles. The quantitative estimate of drug-likeness (QED) is 0.382. The summed E-state index contributed by atoms with van der Waals surface area (Å²) in [5.74, 6) is -0.808. The lowest BCUT2D eigenvalue weighted by atomic mass is 10.0. The van der Waals surface area contributed by atoms with Crippen LogP contribution in [0.3, 0.4) is 0 Å². The van der Waals surface area contributed by atoms with Crippen LogP contribution in [0.2, 0.25) is 0 Å². The average molecular weight is 388 g/mol. The van der Waals surface area contributed by atoms with Gasteiger partial charge in [0, 0.05) is 11.1 Å². The average Bonchev–Trinajstić information content (AvgIpc) is 2.79. The number of methoxy groups -OCH3 is 1. The Morgan fingerprint density at radius 2 is 1.38 bits per heavy atom. The molecule has 0 aromatic heterocycles. The van der Waals surface area contributed by atoms with Gasteiger partial charge in [-0.05, 0) is 12.1 Å². The number of rotatable bonds is 7. The number of carbonyl (C=O) groups is 2. The van der Waals surface area contributed by atoms with E-state index in [9.17, 15) is 9.59 Å². The predicted octanol–water partition coefficient (Wildman–Crippen LogP) is 3.42. The van der Waals surface area contributed by atoms with E-state index in [0.29, 0.717) is 11.5 Å². The maximum atomic E-state index is 12.2. The van der Waals surface area contributed by atoms with Crippen molar-refractivity contribution in [2.45, 2.75) is 0 Å². The minimum absolute atomic E-state index is 0.251. The predicted molar refractivity (Wildman–Crippen MR) is 110 cm³/mol. The molecule has 146 valence electrons. The van der Waals surface area contributed by atoms with Gasteiger partial charge >= 0.3 is 5.97 Å². The summed E-state index contributed by atoms with van der Waals surface area (Å²) in [7, 11) is 1.46. The van der Waals surface area contributed by atoms with Crippen LogP contribution in [0.25, 0.3) is 0 Å². The summed E-state index contributed by atoms with van der Waals surface area (Å²) in [6.45, 7) is -0.461. The first-order chi connectivity index (χ1) is 14.2. The van der Waals surface area contributed by atoms with E-state index >= 15 is 0 Å². The normalized spacial score (nSPS) is 9.97. The summed E-state index contributed by atoms with van der Waals surface area (Å²) in [6, 6.07) is 25.6. The van der Waals surface area contributed by atoms with E-state index in [2.05, 4.69) is 10.5 Å². The van der Waals surface area contributed by atoms with Crippen molar-refractivity contribution in [3.8, 4) is 5.75 Å². The maximum absolute atomic E-state index is 12.2.